The second-order valence-electron chi connectivity index (χ2n) is 5.18. The first-order chi connectivity index (χ1) is 9.85. The van der Waals surface area contributed by atoms with Gasteiger partial charge in [-0.05, 0) is 32.4 Å². The van der Waals surface area contributed by atoms with E-state index in [0.29, 0.717) is 6.54 Å². The topological polar surface area (TPSA) is 92.5 Å². The summed E-state index contributed by atoms with van der Waals surface area (Å²) in [5, 5.41) is 14.1. The summed E-state index contributed by atoms with van der Waals surface area (Å²) in [6.45, 7) is 2.96. The van der Waals surface area contributed by atoms with Crippen LogP contribution in [-0.4, -0.2) is 43.8 Å². The highest BCUT2D eigenvalue weighted by Crippen LogP contribution is 2.28. The minimum absolute atomic E-state index is 0.00442. The van der Waals surface area contributed by atoms with Gasteiger partial charge >= 0.3 is 0 Å². The molecule has 0 spiro atoms. The van der Waals surface area contributed by atoms with Crippen LogP contribution in [0.25, 0.3) is 0 Å². The van der Waals surface area contributed by atoms with Gasteiger partial charge in [-0.3, -0.25) is 10.1 Å². The van der Waals surface area contributed by atoms with Crippen LogP contribution in [0.15, 0.2) is 23.1 Å². The number of nitrogens with zero attached hydrogens (tertiary/aromatic N) is 2. The fraction of sp³-hybridized carbons (Fsp3) is 0.538. The molecule has 1 heterocycles. The van der Waals surface area contributed by atoms with Crippen molar-refractivity contribution in [3.63, 3.8) is 0 Å². The molecular formula is C13H19N3O4S. The summed E-state index contributed by atoms with van der Waals surface area (Å²) in [7, 11) is -2.20. The third-order valence-corrected chi connectivity index (χ3v) is 5.95. The maximum atomic E-state index is 12.7. The predicted octanol–water partition coefficient (Wildman–Crippen LogP) is 1.28. The van der Waals surface area contributed by atoms with Crippen LogP contribution in [-0.2, 0) is 10.0 Å². The van der Waals surface area contributed by atoms with Crippen molar-refractivity contribution in [2.45, 2.75) is 30.7 Å². The fourth-order valence-corrected chi connectivity index (χ4v) is 4.20. The van der Waals surface area contributed by atoms with E-state index >= 15 is 0 Å². The van der Waals surface area contributed by atoms with E-state index in [-0.39, 0.29) is 22.2 Å². The zero-order valence-electron chi connectivity index (χ0n) is 12.1. The Morgan fingerprint density at radius 1 is 1.43 bits per heavy atom. The molecule has 1 saturated heterocycles. The number of nitro benzene ring substituents is 1. The summed E-state index contributed by atoms with van der Waals surface area (Å²) in [6.07, 6.45) is 1.70. The number of benzene rings is 1. The maximum Gasteiger partial charge on any atom is 0.273 e. The average Bonchev–Trinajstić information content (AvgIpc) is 2.47. The Kier molecular flexibility index (Phi) is 4.60. The normalized spacial score (nSPS) is 19.7. The van der Waals surface area contributed by atoms with E-state index < -0.39 is 14.9 Å². The molecule has 1 aromatic carbocycles. The number of nitro groups is 1. The molecule has 8 heteroatoms. The smallest absolute Gasteiger partial charge is 0.273 e. The minimum atomic E-state index is -3.74. The SMILES string of the molecule is Cc1c([N+](=O)[O-])cccc1S(=O)(=O)N(C)C1CCCNC1. The first-order valence-corrected chi connectivity index (χ1v) is 8.22. The van der Waals surface area contributed by atoms with Crippen molar-refractivity contribution in [3.05, 3.63) is 33.9 Å². The molecule has 0 amide bonds. The molecule has 0 aromatic heterocycles. The van der Waals surface area contributed by atoms with E-state index in [1.54, 1.807) is 0 Å². The molecule has 0 aliphatic carbocycles. The lowest BCUT2D eigenvalue weighted by atomic mass is 10.1. The zero-order valence-corrected chi connectivity index (χ0v) is 12.9. The predicted molar refractivity (Wildman–Crippen MR) is 78.7 cm³/mol. The number of hydrogen-bond acceptors (Lipinski definition) is 5. The Bertz CT molecular complexity index is 639. The zero-order chi connectivity index (χ0) is 15.6. The summed E-state index contributed by atoms with van der Waals surface area (Å²) >= 11 is 0. The Labute approximate surface area is 124 Å². The van der Waals surface area contributed by atoms with Crippen LogP contribution in [0.3, 0.4) is 0 Å². The van der Waals surface area contributed by atoms with Gasteiger partial charge in [0.15, 0.2) is 0 Å². The van der Waals surface area contributed by atoms with Crippen LogP contribution < -0.4 is 5.32 Å². The highest BCUT2D eigenvalue weighted by Gasteiger charge is 2.31. The second-order valence-corrected chi connectivity index (χ2v) is 7.14. The number of nitrogens with one attached hydrogen (secondary N) is 1. The Hall–Kier alpha value is -1.51. The molecule has 0 saturated carbocycles. The molecule has 1 aliphatic heterocycles. The fourth-order valence-electron chi connectivity index (χ4n) is 2.58. The van der Waals surface area contributed by atoms with E-state index in [1.165, 1.54) is 36.5 Å². The van der Waals surface area contributed by atoms with Crippen molar-refractivity contribution >= 4 is 15.7 Å². The van der Waals surface area contributed by atoms with E-state index in [9.17, 15) is 18.5 Å². The largest absolute Gasteiger partial charge is 0.315 e. The molecule has 0 bridgehead atoms. The van der Waals surface area contributed by atoms with Gasteiger partial charge in [-0.1, -0.05) is 6.07 Å². The molecule has 1 atom stereocenters. The lowest BCUT2D eigenvalue weighted by Gasteiger charge is -2.31. The van der Waals surface area contributed by atoms with Gasteiger partial charge < -0.3 is 5.32 Å². The highest BCUT2D eigenvalue weighted by atomic mass is 32.2. The minimum Gasteiger partial charge on any atom is -0.315 e. The highest BCUT2D eigenvalue weighted by molar-refractivity contribution is 7.89. The number of piperidine rings is 1. The van der Waals surface area contributed by atoms with Gasteiger partial charge in [0.2, 0.25) is 10.0 Å². The Morgan fingerprint density at radius 3 is 2.71 bits per heavy atom. The van der Waals surface area contributed by atoms with Crippen LogP contribution in [0.5, 0.6) is 0 Å². The van der Waals surface area contributed by atoms with Crippen molar-refractivity contribution < 1.29 is 13.3 Å². The molecule has 21 heavy (non-hydrogen) atoms. The van der Waals surface area contributed by atoms with Crippen molar-refractivity contribution in [2.75, 3.05) is 20.1 Å². The lowest BCUT2D eigenvalue weighted by Crippen LogP contribution is -2.46. The van der Waals surface area contributed by atoms with Gasteiger partial charge in [0.05, 0.1) is 9.82 Å². The average molecular weight is 313 g/mol. The Morgan fingerprint density at radius 2 is 2.14 bits per heavy atom. The van der Waals surface area contributed by atoms with Gasteiger partial charge in [-0.25, -0.2) is 8.42 Å². The molecule has 1 unspecified atom stereocenters. The quantitative estimate of drug-likeness (QED) is 0.667. The van der Waals surface area contributed by atoms with Gasteiger partial charge in [0.25, 0.3) is 5.69 Å². The van der Waals surface area contributed by atoms with Crippen molar-refractivity contribution in [2.24, 2.45) is 0 Å². The summed E-state index contributed by atoms with van der Waals surface area (Å²) < 4.78 is 26.7. The van der Waals surface area contributed by atoms with Gasteiger partial charge in [-0.2, -0.15) is 4.31 Å². The summed E-state index contributed by atoms with van der Waals surface area (Å²) in [5.41, 5.74) is 0.00404. The van der Waals surface area contributed by atoms with E-state index in [1.807, 2.05) is 0 Å². The van der Waals surface area contributed by atoms with Crippen LogP contribution in [0.2, 0.25) is 0 Å². The lowest BCUT2D eigenvalue weighted by molar-refractivity contribution is -0.385. The first-order valence-electron chi connectivity index (χ1n) is 6.78. The molecule has 1 fully saturated rings. The summed E-state index contributed by atoms with van der Waals surface area (Å²) in [5.74, 6) is 0. The third kappa shape index (κ3) is 3.07. The van der Waals surface area contributed by atoms with Gasteiger partial charge in [-0.15, -0.1) is 0 Å². The molecule has 7 nitrogen and oxygen atoms in total. The van der Waals surface area contributed by atoms with E-state index in [0.717, 1.165) is 19.4 Å². The van der Waals surface area contributed by atoms with Crippen molar-refractivity contribution in [1.29, 1.82) is 0 Å². The number of likely N-dealkylation sites (N-methyl/N-ethyl adjacent to an activating group) is 1. The molecule has 1 aliphatic rings. The maximum absolute atomic E-state index is 12.7. The summed E-state index contributed by atoms with van der Waals surface area (Å²) in [4.78, 5) is 10.4. The van der Waals surface area contributed by atoms with Crippen LogP contribution in [0.4, 0.5) is 5.69 Å². The summed E-state index contributed by atoms with van der Waals surface area (Å²) in [6, 6.07) is 4.02. The van der Waals surface area contributed by atoms with Crippen LogP contribution in [0, 0.1) is 17.0 Å². The molecule has 1 aromatic rings. The molecule has 1 N–H and O–H groups in total. The number of rotatable bonds is 4. The van der Waals surface area contributed by atoms with Crippen LogP contribution in [0.1, 0.15) is 18.4 Å². The molecule has 116 valence electrons. The second kappa shape index (κ2) is 6.08. The number of hydrogen-bond donors (Lipinski definition) is 1. The van der Waals surface area contributed by atoms with E-state index in [4.69, 9.17) is 0 Å². The standard InChI is InChI=1S/C13H19N3O4S/c1-10-12(16(17)18)6-3-7-13(10)21(19,20)15(2)11-5-4-8-14-9-11/h3,6-7,11,14H,4-5,8-9H2,1-2H3. The Balaban J connectivity index is 2.39. The number of sulfonamides is 1. The first kappa shape index (κ1) is 15.9. The van der Waals surface area contributed by atoms with Gasteiger partial charge in [0, 0.05) is 31.3 Å². The molecule has 2 rings (SSSR count). The third-order valence-electron chi connectivity index (χ3n) is 3.89. The molecular weight excluding hydrogens is 294 g/mol. The van der Waals surface area contributed by atoms with Crippen molar-refractivity contribution in [1.82, 2.24) is 9.62 Å². The van der Waals surface area contributed by atoms with E-state index in [2.05, 4.69) is 5.32 Å². The molecule has 0 radical (unpaired) electrons. The van der Waals surface area contributed by atoms with Gasteiger partial charge in [0.1, 0.15) is 0 Å². The monoisotopic (exact) mass is 313 g/mol. The van der Waals surface area contributed by atoms with Crippen molar-refractivity contribution in [3.8, 4) is 0 Å². The van der Waals surface area contributed by atoms with Crippen LogP contribution >= 0.6 is 0 Å².